The fourth-order valence-corrected chi connectivity index (χ4v) is 3.13. The number of anilines is 1. The first-order valence-electron chi connectivity index (χ1n) is 6.14. The highest BCUT2D eigenvalue weighted by Gasteiger charge is 2.25. The van der Waals surface area contributed by atoms with Gasteiger partial charge < -0.3 is 11.1 Å². The van der Waals surface area contributed by atoms with Crippen molar-refractivity contribution in [2.45, 2.75) is 18.7 Å². The Kier molecular flexibility index (Phi) is 5.46. The Labute approximate surface area is 117 Å². The van der Waals surface area contributed by atoms with Gasteiger partial charge in [0.25, 0.3) is 0 Å². The summed E-state index contributed by atoms with van der Waals surface area (Å²) in [6.07, 6.45) is 0. The molecule has 0 aliphatic carbocycles. The molecule has 0 radical (unpaired) electrons. The fraction of sp³-hybridized carbons (Fsp3) is 0.417. The molecule has 0 bridgehead atoms. The number of carbonyl (C=O) groups excluding carboxylic acids is 1. The lowest BCUT2D eigenvalue weighted by Gasteiger charge is -2.20. The van der Waals surface area contributed by atoms with Crippen molar-refractivity contribution >= 4 is 21.6 Å². The molecule has 0 spiro atoms. The first kappa shape index (κ1) is 16.4. The molecule has 0 atom stereocenters. The number of hydrogen-bond acceptors (Lipinski definition) is 4. The van der Waals surface area contributed by atoms with Crippen molar-refractivity contribution in [1.29, 1.82) is 0 Å². The van der Waals surface area contributed by atoms with Crippen molar-refractivity contribution in [3.8, 4) is 0 Å². The van der Waals surface area contributed by atoms with Crippen LogP contribution in [0.25, 0.3) is 0 Å². The maximum Gasteiger partial charge on any atom is 0.243 e. The number of nitrogens with zero attached hydrogens (tertiary/aromatic N) is 1. The van der Waals surface area contributed by atoms with Gasteiger partial charge in [0.05, 0.1) is 11.4 Å². The van der Waals surface area contributed by atoms with Crippen LogP contribution in [0.15, 0.2) is 23.1 Å². The van der Waals surface area contributed by atoms with Crippen molar-refractivity contribution in [2.75, 3.05) is 25.4 Å². The molecule has 1 aromatic rings. The summed E-state index contributed by atoms with van der Waals surface area (Å²) in [7, 11) is -3.96. The molecule has 0 aliphatic heterocycles. The number of sulfonamides is 1. The van der Waals surface area contributed by atoms with E-state index in [2.05, 4.69) is 5.32 Å². The van der Waals surface area contributed by atoms with E-state index in [-0.39, 0.29) is 23.7 Å². The lowest BCUT2D eigenvalue weighted by atomic mass is 10.3. The minimum absolute atomic E-state index is 0.0117. The molecular weight excluding hydrogens is 285 g/mol. The van der Waals surface area contributed by atoms with Gasteiger partial charge in [0.15, 0.2) is 0 Å². The SMILES string of the molecule is CCNC(=O)CN(CC)S(=O)(=O)c1cc(N)cc(F)c1. The summed E-state index contributed by atoms with van der Waals surface area (Å²) in [5.74, 6) is -1.15. The Morgan fingerprint density at radius 3 is 2.50 bits per heavy atom. The van der Waals surface area contributed by atoms with Gasteiger partial charge in [-0.3, -0.25) is 4.79 Å². The molecule has 112 valence electrons. The quantitative estimate of drug-likeness (QED) is 0.751. The second kappa shape index (κ2) is 6.67. The van der Waals surface area contributed by atoms with Gasteiger partial charge in [0.2, 0.25) is 15.9 Å². The van der Waals surface area contributed by atoms with E-state index in [1.807, 2.05) is 0 Å². The molecule has 0 aromatic heterocycles. The van der Waals surface area contributed by atoms with Gasteiger partial charge in [-0.25, -0.2) is 12.8 Å². The van der Waals surface area contributed by atoms with Crippen molar-refractivity contribution in [2.24, 2.45) is 0 Å². The number of benzene rings is 1. The number of hydrogen-bond donors (Lipinski definition) is 2. The second-order valence-electron chi connectivity index (χ2n) is 4.10. The Morgan fingerprint density at radius 1 is 1.35 bits per heavy atom. The molecule has 8 heteroatoms. The van der Waals surface area contributed by atoms with E-state index < -0.39 is 21.7 Å². The first-order chi connectivity index (χ1) is 9.31. The van der Waals surface area contributed by atoms with Crippen molar-refractivity contribution in [1.82, 2.24) is 9.62 Å². The number of halogens is 1. The van der Waals surface area contributed by atoms with Crippen LogP contribution in [0.3, 0.4) is 0 Å². The van der Waals surface area contributed by atoms with Crippen LogP contribution in [0.1, 0.15) is 13.8 Å². The van der Waals surface area contributed by atoms with Gasteiger partial charge in [-0.2, -0.15) is 4.31 Å². The van der Waals surface area contributed by atoms with E-state index in [0.29, 0.717) is 6.54 Å². The third kappa shape index (κ3) is 3.91. The number of carbonyl (C=O) groups is 1. The molecule has 1 amide bonds. The highest BCUT2D eigenvalue weighted by atomic mass is 32.2. The zero-order valence-corrected chi connectivity index (χ0v) is 12.2. The van der Waals surface area contributed by atoms with Gasteiger partial charge in [0, 0.05) is 18.8 Å². The minimum Gasteiger partial charge on any atom is -0.399 e. The number of amides is 1. The van der Waals surface area contributed by atoms with Crippen LogP contribution in [0, 0.1) is 5.82 Å². The Morgan fingerprint density at radius 2 is 2.00 bits per heavy atom. The number of nitrogens with one attached hydrogen (secondary N) is 1. The van der Waals surface area contributed by atoms with Gasteiger partial charge in [-0.1, -0.05) is 6.92 Å². The van der Waals surface area contributed by atoms with Crippen LogP contribution in [0.2, 0.25) is 0 Å². The summed E-state index contributed by atoms with van der Waals surface area (Å²) < 4.78 is 38.9. The highest BCUT2D eigenvalue weighted by Crippen LogP contribution is 2.19. The molecule has 0 aliphatic rings. The maximum absolute atomic E-state index is 13.3. The van der Waals surface area contributed by atoms with Crippen molar-refractivity contribution in [3.63, 3.8) is 0 Å². The van der Waals surface area contributed by atoms with Gasteiger partial charge >= 0.3 is 0 Å². The largest absolute Gasteiger partial charge is 0.399 e. The molecule has 0 saturated heterocycles. The Bertz CT molecular complexity index is 569. The molecule has 6 nitrogen and oxygen atoms in total. The lowest BCUT2D eigenvalue weighted by Crippen LogP contribution is -2.40. The topological polar surface area (TPSA) is 92.5 Å². The Balaban J connectivity index is 3.08. The van der Waals surface area contributed by atoms with Crippen LogP contribution in [0.4, 0.5) is 10.1 Å². The molecule has 1 rings (SSSR count). The average Bonchev–Trinajstić information content (AvgIpc) is 2.34. The zero-order valence-electron chi connectivity index (χ0n) is 11.4. The third-order valence-electron chi connectivity index (χ3n) is 2.58. The van der Waals surface area contributed by atoms with E-state index in [0.717, 1.165) is 16.4 Å². The number of nitrogens with two attached hydrogens (primary N) is 1. The minimum atomic E-state index is -3.96. The summed E-state index contributed by atoms with van der Waals surface area (Å²) in [6.45, 7) is 3.51. The van der Waals surface area contributed by atoms with E-state index in [9.17, 15) is 17.6 Å². The van der Waals surface area contributed by atoms with Gasteiger partial charge in [-0.05, 0) is 25.1 Å². The molecule has 0 heterocycles. The third-order valence-corrected chi connectivity index (χ3v) is 4.48. The average molecular weight is 303 g/mol. The summed E-state index contributed by atoms with van der Waals surface area (Å²) in [6, 6.07) is 3.07. The highest BCUT2D eigenvalue weighted by molar-refractivity contribution is 7.89. The molecule has 0 saturated carbocycles. The zero-order chi connectivity index (χ0) is 15.3. The van der Waals surface area contributed by atoms with E-state index in [1.165, 1.54) is 6.07 Å². The van der Waals surface area contributed by atoms with Crippen molar-refractivity contribution < 1.29 is 17.6 Å². The van der Waals surface area contributed by atoms with E-state index >= 15 is 0 Å². The van der Waals surface area contributed by atoms with Crippen LogP contribution in [0.5, 0.6) is 0 Å². The van der Waals surface area contributed by atoms with E-state index in [4.69, 9.17) is 5.73 Å². The summed E-state index contributed by atoms with van der Waals surface area (Å²) in [5.41, 5.74) is 5.46. The van der Waals surface area contributed by atoms with Crippen LogP contribution in [-0.4, -0.2) is 38.3 Å². The predicted molar refractivity (Wildman–Crippen MR) is 73.9 cm³/mol. The number of nitrogen functional groups attached to an aromatic ring is 1. The van der Waals surface area contributed by atoms with E-state index in [1.54, 1.807) is 13.8 Å². The predicted octanol–water partition coefficient (Wildman–Crippen LogP) is 0.555. The first-order valence-corrected chi connectivity index (χ1v) is 7.58. The molecule has 0 unspecified atom stereocenters. The number of rotatable bonds is 6. The van der Waals surface area contributed by atoms with Crippen LogP contribution >= 0.6 is 0 Å². The standard InChI is InChI=1S/C12H18FN3O3S/c1-3-15-12(17)8-16(4-2)20(18,19)11-6-9(13)5-10(14)7-11/h5-7H,3-4,8,14H2,1-2H3,(H,15,17). The van der Waals surface area contributed by atoms with Crippen LogP contribution < -0.4 is 11.1 Å². The molecule has 20 heavy (non-hydrogen) atoms. The summed E-state index contributed by atoms with van der Waals surface area (Å²) in [4.78, 5) is 11.2. The monoisotopic (exact) mass is 303 g/mol. The Hall–Kier alpha value is -1.67. The smallest absolute Gasteiger partial charge is 0.243 e. The van der Waals surface area contributed by atoms with Crippen LogP contribution in [-0.2, 0) is 14.8 Å². The lowest BCUT2D eigenvalue weighted by molar-refractivity contribution is -0.121. The van der Waals surface area contributed by atoms with Gasteiger partial charge in [0.1, 0.15) is 5.82 Å². The molecular formula is C12H18FN3O3S. The summed E-state index contributed by atoms with van der Waals surface area (Å²) >= 11 is 0. The summed E-state index contributed by atoms with van der Waals surface area (Å²) in [5, 5.41) is 2.51. The second-order valence-corrected chi connectivity index (χ2v) is 6.04. The van der Waals surface area contributed by atoms with Crippen molar-refractivity contribution in [3.05, 3.63) is 24.0 Å². The molecule has 3 N–H and O–H groups in total. The number of likely N-dealkylation sites (N-methyl/N-ethyl adjacent to an activating group) is 2. The maximum atomic E-state index is 13.3. The van der Waals surface area contributed by atoms with Gasteiger partial charge in [-0.15, -0.1) is 0 Å². The molecule has 1 aromatic carbocycles. The normalized spacial score (nSPS) is 11.6. The molecule has 0 fully saturated rings. The fourth-order valence-electron chi connectivity index (χ4n) is 1.66.